The summed E-state index contributed by atoms with van der Waals surface area (Å²) >= 11 is 7.64. The maximum atomic E-state index is 12.5. The Kier molecular flexibility index (Phi) is 12.5. The van der Waals surface area contributed by atoms with E-state index in [1.165, 1.54) is 0 Å². The molecule has 0 heterocycles. The Morgan fingerprint density at radius 2 is 1.30 bits per heavy atom. The van der Waals surface area contributed by atoms with Gasteiger partial charge < -0.3 is 37.6 Å². The Bertz CT molecular complexity index is 677. The van der Waals surface area contributed by atoms with Gasteiger partial charge in [0.1, 0.15) is 18.1 Å². The van der Waals surface area contributed by atoms with E-state index in [-0.39, 0.29) is 17.9 Å². The van der Waals surface area contributed by atoms with Crippen molar-refractivity contribution in [3.05, 3.63) is 0 Å². The second-order valence-corrected chi connectivity index (χ2v) is 6.83. The molecule has 0 aliphatic carbocycles. The van der Waals surface area contributed by atoms with Crippen molar-refractivity contribution in [2.75, 3.05) is 11.5 Å². The zero-order valence-electron chi connectivity index (χ0n) is 15.7. The molecular formula is C15H25N5O8S2. The van der Waals surface area contributed by atoms with Crippen LogP contribution in [0.5, 0.6) is 0 Å². The van der Waals surface area contributed by atoms with Gasteiger partial charge in [0.15, 0.2) is 0 Å². The van der Waals surface area contributed by atoms with Crippen molar-refractivity contribution in [1.29, 1.82) is 0 Å². The third-order valence-corrected chi connectivity index (χ3v) is 4.41. The standard InChI is InChI=1S/C15H25N5O8S2/c16-6(4-29)12(24)19-8(3-10(17)21)14(26)18-7(1-2-11(22)23)13(25)20-9(5-30)15(27)28/h6-9,29-30H,1-5,16H2,(H2,17,21)(H,18,26)(H,19,24)(H,20,25)(H,22,23)(H,27,28). The molecule has 0 aliphatic heterocycles. The number of hydrogen-bond donors (Lipinski definition) is 9. The largest absolute Gasteiger partial charge is 0.481 e. The molecular weight excluding hydrogens is 442 g/mol. The average Bonchev–Trinajstić information content (AvgIpc) is 2.66. The predicted molar refractivity (Wildman–Crippen MR) is 110 cm³/mol. The molecule has 0 aromatic heterocycles. The van der Waals surface area contributed by atoms with Gasteiger partial charge in [-0.1, -0.05) is 0 Å². The lowest BCUT2D eigenvalue weighted by atomic mass is 10.1. The van der Waals surface area contributed by atoms with Crippen LogP contribution < -0.4 is 27.4 Å². The summed E-state index contributed by atoms with van der Waals surface area (Å²) in [4.78, 5) is 69.9. The molecule has 13 nitrogen and oxygen atoms in total. The van der Waals surface area contributed by atoms with Crippen molar-refractivity contribution in [2.24, 2.45) is 11.5 Å². The molecule has 0 aliphatic rings. The molecule has 0 fully saturated rings. The topological polar surface area (TPSA) is 231 Å². The van der Waals surface area contributed by atoms with Gasteiger partial charge in [0, 0.05) is 17.9 Å². The first-order chi connectivity index (χ1) is 13.9. The summed E-state index contributed by atoms with van der Waals surface area (Å²) in [5.74, 6) is -6.72. The predicted octanol–water partition coefficient (Wildman–Crippen LogP) is -3.55. The monoisotopic (exact) mass is 467 g/mol. The van der Waals surface area contributed by atoms with Crippen molar-refractivity contribution in [2.45, 2.75) is 43.4 Å². The van der Waals surface area contributed by atoms with Crippen LogP contribution in [0.2, 0.25) is 0 Å². The maximum Gasteiger partial charge on any atom is 0.327 e. The molecule has 4 atom stereocenters. The van der Waals surface area contributed by atoms with Crippen LogP contribution in [-0.4, -0.2) is 81.5 Å². The van der Waals surface area contributed by atoms with Crippen LogP contribution >= 0.6 is 25.3 Å². The smallest absolute Gasteiger partial charge is 0.327 e. The second kappa shape index (κ2) is 13.7. The lowest BCUT2D eigenvalue weighted by molar-refractivity contribution is -0.142. The molecule has 0 aromatic carbocycles. The zero-order valence-corrected chi connectivity index (χ0v) is 17.5. The van der Waals surface area contributed by atoms with Gasteiger partial charge in [-0.25, -0.2) is 4.79 Å². The molecule has 0 saturated carbocycles. The molecule has 0 aromatic rings. The van der Waals surface area contributed by atoms with Crippen molar-refractivity contribution in [3.63, 3.8) is 0 Å². The molecule has 9 N–H and O–H groups in total. The summed E-state index contributed by atoms with van der Waals surface area (Å²) in [5.41, 5.74) is 10.6. The molecule has 0 saturated heterocycles. The van der Waals surface area contributed by atoms with Crippen molar-refractivity contribution in [1.82, 2.24) is 16.0 Å². The molecule has 170 valence electrons. The Labute approximate surface area is 182 Å². The first kappa shape index (κ1) is 27.5. The number of hydrogen-bond acceptors (Lipinski definition) is 9. The highest BCUT2D eigenvalue weighted by atomic mass is 32.1. The minimum Gasteiger partial charge on any atom is -0.481 e. The van der Waals surface area contributed by atoms with Gasteiger partial charge in [-0.3, -0.25) is 24.0 Å². The Hall–Kier alpha value is -2.52. The van der Waals surface area contributed by atoms with Crippen LogP contribution in [0.3, 0.4) is 0 Å². The van der Waals surface area contributed by atoms with E-state index in [0.717, 1.165) is 0 Å². The second-order valence-electron chi connectivity index (χ2n) is 6.10. The third-order valence-electron chi connectivity index (χ3n) is 3.65. The van der Waals surface area contributed by atoms with Gasteiger partial charge in [0.25, 0.3) is 0 Å². The highest BCUT2D eigenvalue weighted by Crippen LogP contribution is 2.03. The van der Waals surface area contributed by atoms with Crippen molar-refractivity contribution >= 4 is 60.8 Å². The fourth-order valence-electron chi connectivity index (χ4n) is 2.04. The highest BCUT2D eigenvalue weighted by molar-refractivity contribution is 7.80. The first-order valence-electron chi connectivity index (χ1n) is 8.54. The van der Waals surface area contributed by atoms with Crippen LogP contribution in [0, 0.1) is 0 Å². The quantitative estimate of drug-likeness (QED) is 0.115. The van der Waals surface area contributed by atoms with Crippen LogP contribution in [0.15, 0.2) is 0 Å². The normalized spacial score (nSPS) is 14.5. The summed E-state index contributed by atoms with van der Waals surface area (Å²) in [6, 6.07) is -5.45. The van der Waals surface area contributed by atoms with Crippen LogP contribution in [0.4, 0.5) is 0 Å². The molecule has 0 bridgehead atoms. The number of carboxylic acid groups (broad SMARTS) is 2. The molecule has 30 heavy (non-hydrogen) atoms. The number of primary amides is 1. The molecule has 4 amide bonds. The number of carbonyl (C=O) groups is 6. The summed E-state index contributed by atoms with van der Waals surface area (Å²) in [6.07, 6.45) is -1.55. The molecule has 0 spiro atoms. The SMILES string of the molecule is NC(=O)CC(NC(=O)C(N)CS)C(=O)NC(CCC(=O)O)C(=O)NC(CS)C(=O)O. The van der Waals surface area contributed by atoms with Gasteiger partial charge in [-0.15, -0.1) is 0 Å². The van der Waals surface area contributed by atoms with E-state index in [1.54, 1.807) is 0 Å². The van der Waals surface area contributed by atoms with E-state index in [2.05, 4.69) is 41.2 Å². The van der Waals surface area contributed by atoms with E-state index in [4.69, 9.17) is 21.7 Å². The van der Waals surface area contributed by atoms with Crippen LogP contribution in [0.1, 0.15) is 19.3 Å². The van der Waals surface area contributed by atoms with E-state index in [1.807, 2.05) is 0 Å². The van der Waals surface area contributed by atoms with Crippen molar-refractivity contribution in [3.8, 4) is 0 Å². The number of nitrogens with two attached hydrogens (primary N) is 2. The number of carboxylic acids is 2. The fourth-order valence-corrected chi connectivity index (χ4v) is 2.45. The maximum absolute atomic E-state index is 12.5. The van der Waals surface area contributed by atoms with E-state index in [9.17, 15) is 28.8 Å². The minimum absolute atomic E-state index is 0.0549. The van der Waals surface area contributed by atoms with Gasteiger partial charge >= 0.3 is 11.9 Å². The lowest BCUT2D eigenvalue weighted by Crippen LogP contribution is -2.58. The number of nitrogens with one attached hydrogen (secondary N) is 3. The Morgan fingerprint density at radius 1 is 0.800 bits per heavy atom. The number of carbonyl (C=O) groups excluding carboxylic acids is 4. The molecule has 4 unspecified atom stereocenters. The summed E-state index contributed by atoms with van der Waals surface area (Å²) in [5, 5.41) is 24.3. The van der Waals surface area contributed by atoms with E-state index in [0.29, 0.717) is 0 Å². The Balaban J connectivity index is 5.45. The van der Waals surface area contributed by atoms with E-state index < -0.39 is 72.6 Å². The van der Waals surface area contributed by atoms with E-state index >= 15 is 0 Å². The fraction of sp³-hybridized carbons (Fsp3) is 0.600. The zero-order chi connectivity index (χ0) is 23.4. The van der Waals surface area contributed by atoms with Crippen LogP contribution in [-0.2, 0) is 28.8 Å². The summed E-state index contributed by atoms with van der Waals surface area (Å²) < 4.78 is 0. The number of rotatable bonds is 14. The Morgan fingerprint density at radius 3 is 1.73 bits per heavy atom. The van der Waals surface area contributed by atoms with Crippen LogP contribution in [0.25, 0.3) is 0 Å². The van der Waals surface area contributed by atoms with Gasteiger partial charge in [0.05, 0.1) is 12.5 Å². The van der Waals surface area contributed by atoms with Gasteiger partial charge in [-0.2, -0.15) is 25.3 Å². The summed E-state index contributed by atoms with van der Waals surface area (Å²) in [6.45, 7) is 0. The van der Waals surface area contributed by atoms with Crippen molar-refractivity contribution < 1.29 is 39.0 Å². The van der Waals surface area contributed by atoms with Gasteiger partial charge in [0.2, 0.25) is 23.6 Å². The average molecular weight is 468 g/mol. The third kappa shape index (κ3) is 10.3. The lowest BCUT2D eigenvalue weighted by Gasteiger charge is -2.24. The molecule has 15 heteroatoms. The number of thiol groups is 2. The van der Waals surface area contributed by atoms with Gasteiger partial charge in [-0.05, 0) is 6.42 Å². The first-order valence-corrected chi connectivity index (χ1v) is 9.80. The molecule has 0 radical (unpaired) electrons. The number of amides is 4. The summed E-state index contributed by atoms with van der Waals surface area (Å²) in [7, 11) is 0. The highest BCUT2D eigenvalue weighted by Gasteiger charge is 2.31. The number of aliphatic carboxylic acids is 2. The molecule has 0 rings (SSSR count). The minimum atomic E-state index is -1.50.